The summed E-state index contributed by atoms with van der Waals surface area (Å²) >= 11 is 1.23. The van der Waals surface area contributed by atoms with Crippen LogP contribution in [0.4, 0.5) is 0 Å². The Morgan fingerprint density at radius 2 is 1.82 bits per heavy atom. The molecule has 10 nitrogen and oxygen atoms in total. The fraction of sp³-hybridized carbons (Fsp3) is 0.423. The lowest BCUT2D eigenvalue weighted by atomic mass is 10.0. The van der Waals surface area contributed by atoms with Gasteiger partial charge in [-0.2, -0.15) is 9.30 Å². The number of sulfonamides is 1. The zero-order chi connectivity index (χ0) is 26.9. The van der Waals surface area contributed by atoms with Crippen LogP contribution in [0.5, 0.6) is 11.5 Å². The SMILES string of the molecule is CCC1CCCCN1S(=O)(=O)c1ccc(C(=O)N=c2sc3cc4c(cc3n2CC(=O)OC)OCCO4)cc1. The average molecular weight is 560 g/mol. The molecule has 3 aromatic rings. The normalized spacial score (nSPS) is 18.5. The van der Waals surface area contributed by atoms with Gasteiger partial charge in [-0.1, -0.05) is 24.7 Å². The first-order valence-corrected chi connectivity index (χ1v) is 14.8. The first kappa shape index (κ1) is 26.4. The van der Waals surface area contributed by atoms with Gasteiger partial charge in [0.05, 0.1) is 22.2 Å². The number of esters is 1. The van der Waals surface area contributed by atoms with Crippen LogP contribution in [-0.2, 0) is 26.1 Å². The van der Waals surface area contributed by atoms with E-state index in [0.717, 1.165) is 30.4 Å². The van der Waals surface area contributed by atoms with E-state index in [1.165, 1.54) is 42.7 Å². The molecule has 2 aliphatic rings. The van der Waals surface area contributed by atoms with Gasteiger partial charge in [-0.05, 0) is 43.5 Å². The highest BCUT2D eigenvalue weighted by Crippen LogP contribution is 2.35. The minimum Gasteiger partial charge on any atom is -0.486 e. The van der Waals surface area contributed by atoms with Crippen molar-refractivity contribution < 1.29 is 32.2 Å². The number of amides is 1. The number of thiazole rings is 1. The molecule has 3 heterocycles. The molecular formula is C26H29N3O7S2. The second kappa shape index (κ2) is 10.9. The smallest absolute Gasteiger partial charge is 0.325 e. The fourth-order valence-corrected chi connectivity index (χ4v) is 7.60. The topological polar surface area (TPSA) is 117 Å². The Balaban J connectivity index is 1.48. The summed E-state index contributed by atoms with van der Waals surface area (Å²) in [5.74, 6) is 0.0877. The summed E-state index contributed by atoms with van der Waals surface area (Å²) in [6.45, 7) is 3.20. The number of hydrogen-bond acceptors (Lipinski definition) is 8. The van der Waals surface area contributed by atoms with Crippen molar-refractivity contribution in [3.05, 3.63) is 46.8 Å². The van der Waals surface area contributed by atoms with Crippen LogP contribution in [0.3, 0.4) is 0 Å². The largest absolute Gasteiger partial charge is 0.486 e. The Labute approximate surface area is 224 Å². The molecule has 1 saturated heterocycles. The lowest BCUT2D eigenvalue weighted by molar-refractivity contribution is -0.141. The van der Waals surface area contributed by atoms with Gasteiger partial charge in [0.2, 0.25) is 10.0 Å². The van der Waals surface area contributed by atoms with Gasteiger partial charge >= 0.3 is 5.97 Å². The van der Waals surface area contributed by atoms with E-state index in [9.17, 15) is 18.0 Å². The quantitative estimate of drug-likeness (QED) is 0.425. The predicted molar refractivity (Wildman–Crippen MR) is 141 cm³/mol. The molecule has 12 heteroatoms. The van der Waals surface area contributed by atoms with Crippen LogP contribution < -0.4 is 14.3 Å². The number of benzene rings is 2. The summed E-state index contributed by atoms with van der Waals surface area (Å²) < 4.78 is 46.6. The molecule has 1 aromatic heterocycles. The molecule has 38 heavy (non-hydrogen) atoms. The Hall–Kier alpha value is -3.22. The molecule has 0 radical (unpaired) electrons. The molecule has 0 bridgehead atoms. The third-order valence-corrected chi connectivity index (χ3v) is 9.82. The maximum absolute atomic E-state index is 13.3. The fourth-order valence-electron chi connectivity index (χ4n) is 4.79. The highest BCUT2D eigenvalue weighted by molar-refractivity contribution is 7.89. The summed E-state index contributed by atoms with van der Waals surface area (Å²) in [5, 5.41) is 0. The van der Waals surface area contributed by atoms with E-state index >= 15 is 0 Å². The second-order valence-electron chi connectivity index (χ2n) is 9.13. The maximum Gasteiger partial charge on any atom is 0.325 e. The molecule has 5 rings (SSSR count). The van der Waals surface area contributed by atoms with Gasteiger partial charge in [0, 0.05) is 30.3 Å². The van der Waals surface area contributed by atoms with E-state index < -0.39 is 21.9 Å². The molecule has 0 N–H and O–H groups in total. The van der Waals surface area contributed by atoms with Crippen LogP contribution in [0.15, 0.2) is 46.3 Å². The van der Waals surface area contributed by atoms with Crippen LogP contribution in [0, 0.1) is 0 Å². The van der Waals surface area contributed by atoms with Gasteiger partial charge in [-0.15, -0.1) is 0 Å². The molecule has 1 atom stereocenters. The second-order valence-corrected chi connectivity index (χ2v) is 12.0. The van der Waals surface area contributed by atoms with Gasteiger partial charge < -0.3 is 18.8 Å². The van der Waals surface area contributed by atoms with E-state index in [-0.39, 0.29) is 23.0 Å². The van der Waals surface area contributed by atoms with E-state index in [1.54, 1.807) is 21.0 Å². The van der Waals surface area contributed by atoms with Crippen LogP contribution >= 0.6 is 11.3 Å². The third kappa shape index (κ3) is 5.07. The highest BCUT2D eigenvalue weighted by Gasteiger charge is 2.32. The lowest BCUT2D eigenvalue weighted by Crippen LogP contribution is -2.43. The number of carbonyl (C=O) groups excluding carboxylic acids is 2. The Bertz CT molecular complexity index is 1540. The molecule has 1 unspecified atom stereocenters. The maximum atomic E-state index is 13.3. The summed E-state index contributed by atoms with van der Waals surface area (Å²) in [5.41, 5.74) is 0.896. The van der Waals surface area contributed by atoms with Gasteiger partial charge in [-0.3, -0.25) is 9.59 Å². The average Bonchev–Trinajstić information content (AvgIpc) is 3.26. The summed E-state index contributed by atoms with van der Waals surface area (Å²) in [4.78, 5) is 30.0. The molecule has 2 aliphatic heterocycles. The van der Waals surface area contributed by atoms with Gasteiger partial charge in [-0.25, -0.2) is 8.42 Å². The van der Waals surface area contributed by atoms with Crippen LogP contribution in [0.25, 0.3) is 10.2 Å². The zero-order valence-electron chi connectivity index (χ0n) is 21.2. The first-order chi connectivity index (χ1) is 18.3. The number of fused-ring (bicyclic) bond motifs is 2. The van der Waals surface area contributed by atoms with Crippen molar-refractivity contribution in [1.29, 1.82) is 0 Å². The minimum atomic E-state index is -3.66. The Morgan fingerprint density at radius 3 is 2.50 bits per heavy atom. The Morgan fingerprint density at radius 1 is 1.11 bits per heavy atom. The van der Waals surface area contributed by atoms with Gasteiger partial charge in [0.25, 0.3) is 5.91 Å². The minimum absolute atomic E-state index is 0.00950. The lowest BCUT2D eigenvalue weighted by Gasteiger charge is -2.34. The third-order valence-electron chi connectivity index (χ3n) is 6.81. The summed E-state index contributed by atoms with van der Waals surface area (Å²) in [7, 11) is -2.37. The van der Waals surface area contributed by atoms with Crippen molar-refractivity contribution in [1.82, 2.24) is 8.87 Å². The zero-order valence-corrected chi connectivity index (χ0v) is 22.8. The number of nitrogens with zero attached hydrogens (tertiary/aromatic N) is 3. The number of ether oxygens (including phenoxy) is 3. The van der Waals surface area contributed by atoms with Crippen molar-refractivity contribution in [2.75, 3.05) is 26.9 Å². The van der Waals surface area contributed by atoms with Crippen molar-refractivity contribution in [3.63, 3.8) is 0 Å². The molecule has 0 aliphatic carbocycles. The Kier molecular flexibility index (Phi) is 7.55. The molecular weight excluding hydrogens is 530 g/mol. The standard InChI is InChI=1S/C26H29N3O7S2/c1-3-18-6-4-5-11-29(18)38(32,33)19-9-7-17(8-10-19)25(31)27-26-28(16-24(30)34-2)20-14-21-22(15-23(20)37-26)36-13-12-35-21/h7-10,14-15,18H,3-6,11-13,16H2,1-2H3. The molecule has 202 valence electrons. The number of aromatic nitrogens is 1. The number of piperidine rings is 1. The molecule has 0 spiro atoms. The van der Waals surface area contributed by atoms with E-state index in [2.05, 4.69) is 4.99 Å². The molecule has 2 aromatic carbocycles. The molecule has 0 saturated carbocycles. The monoisotopic (exact) mass is 559 g/mol. The van der Waals surface area contributed by atoms with Crippen molar-refractivity contribution >= 4 is 43.5 Å². The van der Waals surface area contributed by atoms with Crippen LogP contribution in [0.2, 0.25) is 0 Å². The van der Waals surface area contributed by atoms with E-state index in [1.807, 2.05) is 6.92 Å². The van der Waals surface area contributed by atoms with Crippen LogP contribution in [-0.4, -0.2) is 62.1 Å². The van der Waals surface area contributed by atoms with Crippen LogP contribution in [0.1, 0.15) is 43.0 Å². The first-order valence-electron chi connectivity index (χ1n) is 12.5. The summed E-state index contributed by atoms with van der Waals surface area (Å²) in [6, 6.07) is 9.41. The van der Waals surface area contributed by atoms with Crippen molar-refractivity contribution in [2.45, 2.75) is 50.1 Å². The predicted octanol–water partition coefficient (Wildman–Crippen LogP) is 3.34. The molecule has 1 fully saturated rings. The van der Waals surface area contributed by atoms with Crippen molar-refractivity contribution in [2.24, 2.45) is 4.99 Å². The summed E-state index contributed by atoms with van der Waals surface area (Å²) in [6.07, 6.45) is 3.48. The van der Waals surface area contributed by atoms with Gasteiger partial charge in [0.1, 0.15) is 19.8 Å². The molecule has 1 amide bonds. The number of methoxy groups -OCH3 is 1. The highest BCUT2D eigenvalue weighted by atomic mass is 32.2. The van der Waals surface area contributed by atoms with Gasteiger partial charge in [0.15, 0.2) is 16.3 Å². The number of rotatable bonds is 6. The van der Waals surface area contributed by atoms with E-state index in [4.69, 9.17) is 14.2 Å². The van der Waals surface area contributed by atoms with Crippen molar-refractivity contribution in [3.8, 4) is 11.5 Å². The number of carbonyl (C=O) groups is 2. The number of hydrogen-bond donors (Lipinski definition) is 0. The van der Waals surface area contributed by atoms with E-state index in [0.29, 0.717) is 41.6 Å².